The maximum absolute atomic E-state index is 3.81. The Bertz CT molecular complexity index is 2840. The van der Waals surface area contributed by atoms with Crippen molar-refractivity contribution in [3.63, 3.8) is 0 Å². The maximum atomic E-state index is 3.81. The summed E-state index contributed by atoms with van der Waals surface area (Å²) in [6, 6.07) is 60.6. The van der Waals surface area contributed by atoms with Gasteiger partial charge in [-0.2, -0.15) is 0 Å². The number of benzene rings is 7. The quantitative estimate of drug-likeness (QED) is 0.0543. The Labute approximate surface area is 459 Å². The molecular formula is C73H92NS-. The highest BCUT2D eigenvalue weighted by Gasteiger charge is 2.42. The molecule has 0 heterocycles. The minimum absolute atomic E-state index is 0.00624. The van der Waals surface area contributed by atoms with Crippen molar-refractivity contribution in [2.45, 2.75) is 182 Å². The van der Waals surface area contributed by atoms with Crippen molar-refractivity contribution < 1.29 is 0 Å². The summed E-state index contributed by atoms with van der Waals surface area (Å²) in [4.78, 5) is 2.41. The second kappa shape index (κ2) is 26.5. The van der Waals surface area contributed by atoms with Gasteiger partial charge in [-0.1, -0.05) is 256 Å². The third-order valence-corrected chi connectivity index (χ3v) is 16.1. The highest BCUT2D eigenvalue weighted by atomic mass is 32.2. The number of unbranched alkanes of at least 4 members (excludes halogenated alkanes) is 10. The molecule has 0 aromatic heterocycles. The standard InChI is InChI=1S/C70H84NS.C3H8/c1-11-13-15-17-19-21-47-70(48-22-20-18-16-14-12-2)66-49-52(51-72(9)10)23-45-64(66)65-46-34-58(50-67(65)70)57-32-43-63(44-33-57)71(61-39-28-55(29-40-61)53-24-35-59(36-25-53)68(3,4)5)62-41-30-56(31-42-62)54-26-37-60(38-27-54)69(6,7)8;1-3-2/h23-46,49-50H,11-22,47-48H2,1-10H3;3H2,1-2H3/q-1;. The first-order valence-electron chi connectivity index (χ1n) is 29.1. The van der Waals surface area contributed by atoms with Gasteiger partial charge in [0.25, 0.3) is 0 Å². The smallest absolute Gasteiger partial charge is 0.0462 e. The molecule has 7 aromatic rings. The molecule has 0 unspecified atom stereocenters. The lowest BCUT2D eigenvalue weighted by molar-refractivity contribution is 0.398. The monoisotopic (exact) mass is 1010 g/mol. The van der Waals surface area contributed by atoms with Crippen molar-refractivity contribution in [3.8, 4) is 49.7 Å². The molecule has 1 aliphatic rings. The Morgan fingerprint density at radius 3 is 1.08 bits per heavy atom. The second-order valence-electron chi connectivity index (χ2n) is 23.9. The third kappa shape index (κ3) is 14.5. The van der Waals surface area contributed by atoms with E-state index in [1.807, 2.05) is 0 Å². The van der Waals surface area contributed by atoms with Gasteiger partial charge in [-0.15, -0.1) is 12.5 Å². The minimum Gasteiger partial charge on any atom is -0.455 e. The van der Waals surface area contributed by atoms with E-state index in [-0.39, 0.29) is 26.5 Å². The molecule has 1 aliphatic carbocycles. The van der Waals surface area contributed by atoms with Crippen molar-refractivity contribution in [2.24, 2.45) is 0 Å². The molecule has 75 heavy (non-hydrogen) atoms. The Morgan fingerprint density at radius 2 is 0.707 bits per heavy atom. The summed E-state index contributed by atoms with van der Waals surface area (Å²) in [6.07, 6.45) is 24.0. The summed E-state index contributed by atoms with van der Waals surface area (Å²) in [5.74, 6) is 0. The highest BCUT2D eigenvalue weighted by Crippen LogP contribution is 2.55. The number of hydrogen-bond acceptors (Lipinski definition) is 2. The summed E-state index contributed by atoms with van der Waals surface area (Å²) in [7, 11) is 0.104. The molecule has 0 radical (unpaired) electrons. The zero-order valence-electron chi connectivity index (χ0n) is 48.5. The molecule has 0 spiro atoms. The lowest BCUT2D eigenvalue weighted by atomic mass is 9.70. The molecule has 0 atom stereocenters. The highest BCUT2D eigenvalue weighted by molar-refractivity contribution is 7.85. The fraction of sp³-hybridized carbons (Fsp3) is 0.411. The Morgan fingerprint density at radius 1 is 0.387 bits per heavy atom. The van der Waals surface area contributed by atoms with Crippen LogP contribution in [0.5, 0.6) is 0 Å². The molecule has 0 N–H and O–H groups in total. The molecule has 0 fully saturated rings. The van der Waals surface area contributed by atoms with Crippen LogP contribution in [0.15, 0.2) is 158 Å². The summed E-state index contributed by atoms with van der Waals surface area (Å²) in [6.45, 7) is 22.6. The van der Waals surface area contributed by atoms with E-state index in [1.165, 1.54) is 158 Å². The van der Waals surface area contributed by atoms with Crippen LogP contribution in [-0.4, -0.2) is 12.5 Å². The first-order chi connectivity index (χ1) is 36.1. The van der Waals surface area contributed by atoms with Crippen LogP contribution in [-0.2, 0) is 26.5 Å². The van der Waals surface area contributed by atoms with Crippen molar-refractivity contribution in [2.75, 3.05) is 17.4 Å². The Kier molecular flexibility index (Phi) is 20.2. The van der Waals surface area contributed by atoms with Gasteiger partial charge < -0.3 is 15.2 Å². The first kappa shape index (κ1) is 57.2. The Hall–Kier alpha value is -5.53. The van der Waals surface area contributed by atoms with Crippen LogP contribution in [0, 0.1) is 5.18 Å². The van der Waals surface area contributed by atoms with Crippen LogP contribution in [0.1, 0.15) is 193 Å². The number of anilines is 3. The molecule has 396 valence electrons. The average molecular weight is 1020 g/mol. The molecule has 7 aromatic carbocycles. The van der Waals surface area contributed by atoms with Crippen LogP contribution in [0.2, 0.25) is 0 Å². The van der Waals surface area contributed by atoms with E-state index in [4.69, 9.17) is 0 Å². The number of hydrogen-bond donors (Lipinski definition) is 0. The van der Waals surface area contributed by atoms with Crippen molar-refractivity contribution >= 4 is 27.4 Å². The number of rotatable bonds is 20. The fourth-order valence-corrected chi connectivity index (χ4v) is 11.8. The van der Waals surface area contributed by atoms with Crippen LogP contribution in [0.3, 0.4) is 0 Å². The molecule has 2 heteroatoms. The fourth-order valence-electron chi connectivity index (χ4n) is 11.2. The van der Waals surface area contributed by atoms with Crippen LogP contribution < -0.4 is 4.90 Å². The first-order valence-corrected chi connectivity index (χ1v) is 31.1. The van der Waals surface area contributed by atoms with Gasteiger partial charge >= 0.3 is 0 Å². The van der Waals surface area contributed by atoms with Gasteiger partial charge in [-0.3, -0.25) is 5.18 Å². The van der Waals surface area contributed by atoms with Crippen molar-refractivity contribution in [1.82, 2.24) is 0 Å². The molecule has 0 amide bonds. The average Bonchev–Trinajstić information content (AvgIpc) is 3.67. The molecule has 8 rings (SSSR count). The molecular weight excluding hydrogens is 923 g/mol. The SMILES string of the molecule is CCC.CCCCCCCCC1(CCCCCCCC)c2cc(C#[S-](C)C)ccc2-c2ccc(-c3ccc(N(c4ccc(-c5ccc(C(C)(C)C)cc5)cc4)c4ccc(-c5ccc(C(C)(C)C)cc5)cc4)cc3)cc21. The largest absolute Gasteiger partial charge is 0.455 e. The topological polar surface area (TPSA) is 3.24 Å². The zero-order valence-corrected chi connectivity index (χ0v) is 49.3. The Balaban J connectivity index is 0.00000267. The summed E-state index contributed by atoms with van der Waals surface area (Å²) < 4.78 is 0. The van der Waals surface area contributed by atoms with E-state index in [0.717, 1.165) is 17.1 Å². The van der Waals surface area contributed by atoms with E-state index in [1.54, 1.807) is 11.1 Å². The van der Waals surface area contributed by atoms with Crippen LogP contribution in [0.25, 0.3) is 44.5 Å². The van der Waals surface area contributed by atoms with Gasteiger partial charge in [0.15, 0.2) is 0 Å². The van der Waals surface area contributed by atoms with E-state index >= 15 is 0 Å². The molecule has 0 aliphatic heterocycles. The third-order valence-electron chi connectivity index (χ3n) is 15.5. The van der Waals surface area contributed by atoms with Gasteiger partial charge in [0.1, 0.15) is 0 Å². The van der Waals surface area contributed by atoms with Gasteiger partial charge in [-0.05, 0) is 151 Å². The summed E-state index contributed by atoms with van der Waals surface area (Å²) in [5, 5.41) is 3.81. The van der Waals surface area contributed by atoms with Gasteiger partial charge in [0.05, 0.1) is 0 Å². The van der Waals surface area contributed by atoms with E-state index in [2.05, 4.69) is 250 Å². The van der Waals surface area contributed by atoms with Gasteiger partial charge in [0.2, 0.25) is 0 Å². The molecule has 1 nitrogen and oxygen atoms in total. The summed E-state index contributed by atoms with van der Waals surface area (Å²) in [5.41, 5.74) is 21.1. The lowest BCUT2D eigenvalue weighted by Crippen LogP contribution is -2.25. The number of fused-ring (bicyclic) bond motifs is 3. The predicted molar refractivity (Wildman–Crippen MR) is 335 cm³/mol. The van der Waals surface area contributed by atoms with Gasteiger partial charge in [0, 0.05) is 22.5 Å². The van der Waals surface area contributed by atoms with E-state index < -0.39 is 0 Å². The van der Waals surface area contributed by atoms with E-state index in [9.17, 15) is 0 Å². The van der Waals surface area contributed by atoms with Crippen LogP contribution >= 0.6 is 0 Å². The minimum atomic E-state index is 0.00624. The normalized spacial score (nSPS) is 12.7. The van der Waals surface area contributed by atoms with E-state index in [0.29, 0.717) is 0 Å². The van der Waals surface area contributed by atoms with Gasteiger partial charge in [-0.25, -0.2) is 0 Å². The van der Waals surface area contributed by atoms with Crippen molar-refractivity contribution in [3.05, 3.63) is 186 Å². The predicted octanol–water partition coefficient (Wildman–Crippen LogP) is 22.1. The number of nitrogens with zero attached hydrogens (tertiary/aromatic N) is 1. The maximum Gasteiger partial charge on any atom is 0.0462 e. The summed E-state index contributed by atoms with van der Waals surface area (Å²) >= 11 is 0. The lowest BCUT2D eigenvalue weighted by Gasteiger charge is -2.33. The van der Waals surface area contributed by atoms with Crippen molar-refractivity contribution in [1.29, 1.82) is 0 Å². The molecule has 0 saturated carbocycles. The zero-order chi connectivity index (χ0) is 53.6. The molecule has 0 bridgehead atoms. The van der Waals surface area contributed by atoms with Crippen LogP contribution in [0.4, 0.5) is 17.1 Å². The second-order valence-corrected chi connectivity index (χ2v) is 25.7. The molecule has 0 saturated heterocycles.